The molecule has 1 fully saturated rings. The number of benzene rings is 1. The molecular formula is C20H34IN5OS. The van der Waals surface area contributed by atoms with E-state index in [1.807, 2.05) is 31.9 Å². The molecule has 8 heteroatoms. The van der Waals surface area contributed by atoms with Gasteiger partial charge in [0.25, 0.3) is 0 Å². The number of likely N-dealkylation sites (tertiary alicyclic amines) is 1. The summed E-state index contributed by atoms with van der Waals surface area (Å²) in [7, 11) is 5.48. The molecule has 0 aromatic heterocycles. The van der Waals surface area contributed by atoms with Crippen molar-refractivity contribution in [3.8, 4) is 0 Å². The van der Waals surface area contributed by atoms with E-state index in [9.17, 15) is 4.79 Å². The Morgan fingerprint density at radius 2 is 1.96 bits per heavy atom. The Morgan fingerprint density at radius 1 is 1.25 bits per heavy atom. The molecule has 1 unspecified atom stereocenters. The van der Waals surface area contributed by atoms with Gasteiger partial charge in [-0.25, -0.2) is 0 Å². The first kappa shape index (κ1) is 25.0. The summed E-state index contributed by atoms with van der Waals surface area (Å²) < 4.78 is 0. The summed E-state index contributed by atoms with van der Waals surface area (Å²) in [6.07, 6.45) is 3.09. The van der Waals surface area contributed by atoms with Gasteiger partial charge in [0.15, 0.2) is 5.96 Å². The van der Waals surface area contributed by atoms with Crippen molar-refractivity contribution in [3.05, 3.63) is 30.3 Å². The largest absolute Gasteiger partial charge is 0.356 e. The van der Waals surface area contributed by atoms with Gasteiger partial charge in [-0.1, -0.05) is 18.2 Å². The van der Waals surface area contributed by atoms with Crippen LogP contribution in [0.5, 0.6) is 0 Å². The van der Waals surface area contributed by atoms with Gasteiger partial charge in [0, 0.05) is 51.4 Å². The van der Waals surface area contributed by atoms with Crippen LogP contribution < -0.4 is 10.6 Å². The van der Waals surface area contributed by atoms with Crippen molar-refractivity contribution in [2.45, 2.75) is 30.2 Å². The third-order valence-corrected chi connectivity index (χ3v) is 5.65. The Bertz CT molecular complexity index is 600. The van der Waals surface area contributed by atoms with Crippen LogP contribution in [-0.2, 0) is 4.79 Å². The maximum atomic E-state index is 12.2. The highest BCUT2D eigenvalue weighted by Gasteiger charge is 2.30. The number of hydrogen-bond donors (Lipinski definition) is 2. The molecule has 1 aromatic rings. The van der Waals surface area contributed by atoms with Gasteiger partial charge in [0.05, 0.1) is 6.04 Å². The van der Waals surface area contributed by atoms with E-state index >= 15 is 0 Å². The van der Waals surface area contributed by atoms with Gasteiger partial charge >= 0.3 is 0 Å². The summed E-state index contributed by atoms with van der Waals surface area (Å²) in [5.74, 6) is 2.06. The van der Waals surface area contributed by atoms with E-state index in [2.05, 4.69) is 44.8 Å². The van der Waals surface area contributed by atoms with E-state index in [0.29, 0.717) is 0 Å². The second kappa shape index (κ2) is 14.1. The molecule has 0 radical (unpaired) electrons. The molecule has 1 aliphatic rings. The lowest BCUT2D eigenvalue weighted by Crippen LogP contribution is -2.44. The van der Waals surface area contributed by atoms with Crippen LogP contribution in [0, 0.1) is 0 Å². The van der Waals surface area contributed by atoms with Crippen LogP contribution in [0.1, 0.15) is 19.3 Å². The molecule has 2 rings (SSSR count). The molecular weight excluding hydrogens is 485 g/mol. The number of nitrogens with zero attached hydrogens (tertiary/aromatic N) is 3. The zero-order valence-corrected chi connectivity index (χ0v) is 20.3. The van der Waals surface area contributed by atoms with Crippen molar-refractivity contribution in [1.29, 1.82) is 0 Å². The molecule has 6 nitrogen and oxygen atoms in total. The fourth-order valence-corrected chi connectivity index (χ4v) is 4.03. The SMILES string of the molecule is CN=C(NCCCN1CCCC1C(=O)N(C)C)NCCSc1ccccc1.I. The minimum absolute atomic E-state index is 0. The maximum absolute atomic E-state index is 12.2. The van der Waals surface area contributed by atoms with Crippen LogP contribution in [0.4, 0.5) is 0 Å². The number of carbonyl (C=O) groups excluding carboxylic acids is 1. The second-order valence-electron chi connectivity index (χ2n) is 6.87. The molecule has 1 heterocycles. The number of carbonyl (C=O) groups is 1. The smallest absolute Gasteiger partial charge is 0.239 e. The van der Waals surface area contributed by atoms with E-state index in [-0.39, 0.29) is 35.9 Å². The first-order valence-corrected chi connectivity index (χ1v) is 10.7. The van der Waals surface area contributed by atoms with Gasteiger partial charge in [-0.3, -0.25) is 14.7 Å². The number of nitrogens with one attached hydrogen (secondary N) is 2. The van der Waals surface area contributed by atoms with Gasteiger partial charge in [-0.15, -0.1) is 35.7 Å². The summed E-state index contributed by atoms with van der Waals surface area (Å²) >= 11 is 1.84. The quantitative estimate of drug-likeness (QED) is 0.173. The van der Waals surface area contributed by atoms with Crippen LogP contribution in [0.3, 0.4) is 0 Å². The lowest BCUT2D eigenvalue weighted by atomic mass is 10.2. The Morgan fingerprint density at radius 3 is 2.64 bits per heavy atom. The number of aliphatic imine (C=N–C) groups is 1. The number of amides is 1. The highest BCUT2D eigenvalue weighted by molar-refractivity contribution is 14.0. The van der Waals surface area contributed by atoms with Crippen LogP contribution in [0.2, 0.25) is 0 Å². The molecule has 28 heavy (non-hydrogen) atoms. The zero-order valence-electron chi connectivity index (χ0n) is 17.2. The van der Waals surface area contributed by atoms with E-state index in [0.717, 1.165) is 57.2 Å². The average Bonchev–Trinajstić information content (AvgIpc) is 3.15. The van der Waals surface area contributed by atoms with Crippen LogP contribution >= 0.6 is 35.7 Å². The zero-order chi connectivity index (χ0) is 19.5. The van der Waals surface area contributed by atoms with E-state index in [1.165, 1.54) is 4.90 Å². The first-order chi connectivity index (χ1) is 13.1. The Hall–Kier alpha value is -1.000. The first-order valence-electron chi connectivity index (χ1n) is 9.69. The third-order valence-electron chi connectivity index (χ3n) is 4.63. The summed E-state index contributed by atoms with van der Waals surface area (Å²) in [4.78, 5) is 21.8. The second-order valence-corrected chi connectivity index (χ2v) is 8.04. The van der Waals surface area contributed by atoms with Crippen LogP contribution in [-0.4, -0.2) is 80.8 Å². The van der Waals surface area contributed by atoms with Crippen molar-refractivity contribution in [1.82, 2.24) is 20.4 Å². The lowest BCUT2D eigenvalue weighted by molar-refractivity contribution is -0.133. The molecule has 0 bridgehead atoms. The molecule has 1 aliphatic heterocycles. The molecule has 1 saturated heterocycles. The van der Waals surface area contributed by atoms with Crippen molar-refractivity contribution in [3.63, 3.8) is 0 Å². The van der Waals surface area contributed by atoms with Crippen molar-refractivity contribution >= 4 is 47.6 Å². The molecule has 0 saturated carbocycles. The van der Waals surface area contributed by atoms with E-state index < -0.39 is 0 Å². The topological polar surface area (TPSA) is 60.0 Å². The van der Waals surface area contributed by atoms with Crippen molar-refractivity contribution in [2.75, 3.05) is 53.1 Å². The predicted molar refractivity (Wildman–Crippen MR) is 130 cm³/mol. The minimum atomic E-state index is 0. The van der Waals surface area contributed by atoms with Gasteiger partial charge in [0.1, 0.15) is 0 Å². The molecule has 0 spiro atoms. The summed E-state index contributed by atoms with van der Waals surface area (Å²) in [5.41, 5.74) is 0. The normalized spacial score (nSPS) is 17.1. The lowest BCUT2D eigenvalue weighted by Gasteiger charge is -2.26. The summed E-state index contributed by atoms with van der Waals surface area (Å²) in [6.45, 7) is 3.68. The monoisotopic (exact) mass is 519 g/mol. The fourth-order valence-electron chi connectivity index (χ4n) is 3.24. The molecule has 1 atom stereocenters. The molecule has 1 amide bonds. The minimum Gasteiger partial charge on any atom is -0.356 e. The number of halogens is 1. The van der Waals surface area contributed by atoms with Crippen molar-refractivity contribution in [2.24, 2.45) is 4.99 Å². The number of likely N-dealkylation sites (N-methyl/N-ethyl adjacent to an activating group) is 1. The van der Waals surface area contributed by atoms with E-state index in [4.69, 9.17) is 0 Å². The van der Waals surface area contributed by atoms with E-state index in [1.54, 1.807) is 11.9 Å². The highest BCUT2D eigenvalue weighted by Crippen LogP contribution is 2.18. The maximum Gasteiger partial charge on any atom is 0.239 e. The fraction of sp³-hybridized carbons (Fsp3) is 0.600. The van der Waals surface area contributed by atoms with Crippen molar-refractivity contribution < 1.29 is 4.79 Å². The predicted octanol–water partition coefficient (Wildman–Crippen LogP) is 2.50. The Labute approximate surface area is 190 Å². The third kappa shape index (κ3) is 8.57. The number of thioether (sulfide) groups is 1. The highest BCUT2D eigenvalue weighted by atomic mass is 127. The van der Waals surface area contributed by atoms with Gasteiger partial charge in [-0.2, -0.15) is 0 Å². The van der Waals surface area contributed by atoms with Gasteiger partial charge < -0.3 is 15.5 Å². The standard InChI is InChI=1S/C20H33N5OS.HI/c1-21-20(23-13-16-27-17-9-5-4-6-10-17)22-12-8-15-25-14-7-11-18(25)19(26)24(2)3;/h4-6,9-10,18H,7-8,11-16H2,1-3H3,(H2,21,22,23);1H. The molecule has 0 aliphatic carbocycles. The van der Waals surface area contributed by atoms with Gasteiger partial charge in [-0.05, 0) is 37.9 Å². The number of rotatable bonds is 9. The Balaban J connectivity index is 0.00000392. The summed E-state index contributed by atoms with van der Waals surface area (Å²) in [5, 5.41) is 6.72. The Kier molecular flexibility index (Phi) is 12.6. The van der Waals surface area contributed by atoms with Crippen LogP contribution in [0.15, 0.2) is 40.2 Å². The molecule has 158 valence electrons. The van der Waals surface area contributed by atoms with Gasteiger partial charge in [0.2, 0.25) is 5.91 Å². The van der Waals surface area contributed by atoms with Crippen LogP contribution in [0.25, 0.3) is 0 Å². The summed E-state index contributed by atoms with van der Waals surface area (Å²) in [6, 6.07) is 10.5. The molecule has 2 N–H and O–H groups in total. The number of guanidine groups is 1. The number of hydrogen-bond acceptors (Lipinski definition) is 4. The molecule has 1 aromatic carbocycles. The average molecular weight is 519 g/mol.